The first kappa shape index (κ1) is 14.5. The van der Waals surface area contributed by atoms with Gasteiger partial charge in [-0.1, -0.05) is 0 Å². The molecule has 8 nitrogen and oxygen atoms in total. The summed E-state index contributed by atoms with van der Waals surface area (Å²) in [5.41, 5.74) is 0. The van der Waals surface area contributed by atoms with E-state index in [-0.39, 0.29) is 16.5 Å². The van der Waals surface area contributed by atoms with Gasteiger partial charge < -0.3 is 9.52 Å². The third-order valence-corrected chi connectivity index (χ3v) is 4.10. The second-order valence-electron chi connectivity index (χ2n) is 3.67. The number of hydrogen-bond acceptors (Lipinski definition) is 6. The first-order chi connectivity index (χ1) is 9.29. The molecule has 0 spiro atoms. The number of rotatable bonds is 4. The van der Waals surface area contributed by atoms with E-state index < -0.39 is 21.8 Å². The molecule has 2 heterocycles. The Bertz CT molecular complexity index is 754. The molecule has 0 aromatic carbocycles. The third-order valence-electron chi connectivity index (χ3n) is 2.23. The molecule has 0 amide bonds. The molecular weight excluding hydrogens is 354 g/mol. The van der Waals surface area contributed by atoms with Gasteiger partial charge in [-0.05, 0) is 22.9 Å². The zero-order valence-corrected chi connectivity index (χ0v) is 12.4. The molecule has 20 heavy (non-hydrogen) atoms. The molecule has 0 atom stereocenters. The van der Waals surface area contributed by atoms with E-state index in [0.29, 0.717) is 4.60 Å². The Kier molecular flexibility index (Phi) is 3.77. The fourth-order valence-electron chi connectivity index (χ4n) is 1.40. The van der Waals surface area contributed by atoms with Crippen molar-refractivity contribution in [2.45, 2.75) is 11.8 Å². The number of carboxylic acid groups (broad SMARTS) is 1. The van der Waals surface area contributed by atoms with Gasteiger partial charge in [0.1, 0.15) is 15.3 Å². The monoisotopic (exact) mass is 361 g/mol. The summed E-state index contributed by atoms with van der Waals surface area (Å²) in [6.45, 7) is 1.36. The fourth-order valence-corrected chi connectivity index (χ4v) is 2.77. The zero-order chi connectivity index (χ0) is 14.9. The SMILES string of the molecule is Cc1oc(C(=O)O)cc1S(=O)(=O)Nc1cnc(Br)cn1. The van der Waals surface area contributed by atoms with Crippen molar-refractivity contribution in [2.75, 3.05) is 4.72 Å². The van der Waals surface area contributed by atoms with Gasteiger partial charge in [0.2, 0.25) is 5.76 Å². The number of nitrogens with zero attached hydrogens (tertiary/aromatic N) is 2. The predicted octanol–water partition coefficient (Wildman–Crippen LogP) is 1.64. The van der Waals surface area contributed by atoms with Gasteiger partial charge in [0.25, 0.3) is 10.0 Å². The van der Waals surface area contributed by atoms with Crippen LogP contribution in [0.25, 0.3) is 0 Å². The molecule has 2 aromatic heterocycles. The lowest BCUT2D eigenvalue weighted by atomic mass is 10.4. The molecule has 106 valence electrons. The smallest absolute Gasteiger partial charge is 0.371 e. The summed E-state index contributed by atoms with van der Waals surface area (Å²) in [4.78, 5) is 18.1. The van der Waals surface area contributed by atoms with Gasteiger partial charge in [0, 0.05) is 6.07 Å². The second-order valence-corrected chi connectivity index (χ2v) is 6.13. The Morgan fingerprint density at radius 2 is 2.10 bits per heavy atom. The Hall–Kier alpha value is -1.94. The number of aromatic carboxylic acids is 1. The topological polar surface area (TPSA) is 122 Å². The molecule has 2 rings (SSSR count). The maximum Gasteiger partial charge on any atom is 0.371 e. The molecule has 0 radical (unpaired) electrons. The van der Waals surface area contributed by atoms with Crippen LogP contribution in [0.1, 0.15) is 16.3 Å². The summed E-state index contributed by atoms with van der Waals surface area (Å²) < 4.78 is 31.7. The number of sulfonamides is 1. The first-order valence-corrected chi connectivity index (χ1v) is 7.41. The van der Waals surface area contributed by atoms with Crippen molar-refractivity contribution < 1.29 is 22.7 Å². The predicted molar refractivity (Wildman–Crippen MR) is 70.9 cm³/mol. The number of anilines is 1. The molecule has 0 aliphatic heterocycles. The highest BCUT2D eigenvalue weighted by molar-refractivity contribution is 9.10. The number of nitrogens with one attached hydrogen (secondary N) is 1. The van der Waals surface area contributed by atoms with Gasteiger partial charge in [-0.25, -0.2) is 23.2 Å². The molecule has 0 aliphatic rings. The largest absolute Gasteiger partial charge is 0.475 e. The second kappa shape index (κ2) is 5.21. The fraction of sp³-hybridized carbons (Fsp3) is 0.100. The van der Waals surface area contributed by atoms with E-state index in [2.05, 4.69) is 30.6 Å². The van der Waals surface area contributed by atoms with E-state index in [1.54, 1.807) is 0 Å². The Morgan fingerprint density at radius 3 is 2.60 bits per heavy atom. The summed E-state index contributed by atoms with van der Waals surface area (Å²) in [6.07, 6.45) is 2.54. The molecular formula is C10H8BrN3O5S. The Balaban J connectivity index is 2.35. The molecule has 0 unspecified atom stereocenters. The van der Waals surface area contributed by atoms with Crippen molar-refractivity contribution in [3.8, 4) is 0 Å². The molecule has 0 saturated carbocycles. The highest BCUT2D eigenvalue weighted by atomic mass is 79.9. The van der Waals surface area contributed by atoms with E-state index in [9.17, 15) is 13.2 Å². The van der Waals surface area contributed by atoms with E-state index in [1.165, 1.54) is 19.3 Å². The van der Waals surface area contributed by atoms with Crippen molar-refractivity contribution in [3.05, 3.63) is 34.6 Å². The van der Waals surface area contributed by atoms with E-state index in [1.807, 2.05) is 0 Å². The average molecular weight is 362 g/mol. The maximum absolute atomic E-state index is 12.1. The third kappa shape index (κ3) is 2.96. The van der Waals surface area contributed by atoms with E-state index >= 15 is 0 Å². The summed E-state index contributed by atoms with van der Waals surface area (Å²) in [5, 5.41) is 8.77. The quantitative estimate of drug-likeness (QED) is 0.848. The molecule has 0 fully saturated rings. The normalized spacial score (nSPS) is 11.3. The standard InChI is InChI=1S/C10H8BrN3O5S/c1-5-7(2-6(19-5)10(15)16)20(17,18)14-9-4-12-8(11)3-13-9/h2-4H,1H3,(H,13,14)(H,15,16). The molecule has 0 aliphatic carbocycles. The number of hydrogen-bond donors (Lipinski definition) is 2. The van der Waals surface area contributed by atoms with Crippen molar-refractivity contribution in [1.29, 1.82) is 0 Å². The van der Waals surface area contributed by atoms with Crippen LogP contribution in [0.15, 0.2) is 32.4 Å². The molecule has 2 N–H and O–H groups in total. The Morgan fingerprint density at radius 1 is 1.40 bits per heavy atom. The summed E-state index contributed by atoms with van der Waals surface area (Å²) in [6, 6.07) is 0.937. The van der Waals surface area contributed by atoms with Gasteiger partial charge in [-0.2, -0.15) is 0 Å². The molecule has 0 bridgehead atoms. The average Bonchev–Trinajstić information content (AvgIpc) is 2.75. The number of carbonyl (C=O) groups is 1. The van der Waals surface area contributed by atoms with Gasteiger partial charge in [0.05, 0.1) is 12.4 Å². The van der Waals surface area contributed by atoms with Crippen LogP contribution in [-0.2, 0) is 10.0 Å². The highest BCUT2D eigenvalue weighted by Crippen LogP contribution is 2.22. The van der Waals surface area contributed by atoms with E-state index in [4.69, 9.17) is 9.52 Å². The summed E-state index contributed by atoms with van der Waals surface area (Å²) in [5.74, 6) is -1.83. The lowest BCUT2D eigenvalue weighted by Gasteiger charge is -2.05. The maximum atomic E-state index is 12.1. The molecule has 10 heteroatoms. The van der Waals surface area contributed by atoms with Crippen molar-refractivity contribution in [2.24, 2.45) is 0 Å². The van der Waals surface area contributed by atoms with Gasteiger partial charge in [0.15, 0.2) is 5.82 Å². The van der Waals surface area contributed by atoms with Crippen LogP contribution in [0.2, 0.25) is 0 Å². The minimum Gasteiger partial charge on any atom is -0.475 e. The minimum absolute atomic E-state index is 0.00525. The van der Waals surface area contributed by atoms with Crippen LogP contribution in [0.5, 0.6) is 0 Å². The van der Waals surface area contributed by atoms with Gasteiger partial charge in [-0.15, -0.1) is 0 Å². The summed E-state index contributed by atoms with van der Waals surface area (Å²) in [7, 11) is -3.99. The zero-order valence-electron chi connectivity index (χ0n) is 9.99. The van der Waals surface area contributed by atoms with Crippen molar-refractivity contribution >= 4 is 37.7 Å². The minimum atomic E-state index is -3.99. The van der Waals surface area contributed by atoms with Gasteiger partial charge in [-0.3, -0.25) is 4.72 Å². The van der Waals surface area contributed by atoms with Crippen molar-refractivity contribution in [3.63, 3.8) is 0 Å². The number of halogens is 1. The number of aryl methyl sites for hydroxylation is 1. The van der Waals surface area contributed by atoms with Crippen LogP contribution in [0.4, 0.5) is 5.82 Å². The van der Waals surface area contributed by atoms with Crippen LogP contribution >= 0.6 is 15.9 Å². The van der Waals surface area contributed by atoms with Crippen LogP contribution in [0.3, 0.4) is 0 Å². The first-order valence-electron chi connectivity index (χ1n) is 5.13. The molecule has 2 aromatic rings. The highest BCUT2D eigenvalue weighted by Gasteiger charge is 2.24. The Labute approximate surface area is 122 Å². The van der Waals surface area contributed by atoms with Crippen molar-refractivity contribution in [1.82, 2.24) is 9.97 Å². The number of aromatic nitrogens is 2. The number of furan rings is 1. The van der Waals surface area contributed by atoms with Crippen LogP contribution in [0, 0.1) is 6.92 Å². The lowest BCUT2D eigenvalue weighted by molar-refractivity contribution is 0.0661. The van der Waals surface area contributed by atoms with Crippen LogP contribution < -0.4 is 4.72 Å². The molecule has 0 saturated heterocycles. The summed E-state index contributed by atoms with van der Waals surface area (Å²) >= 11 is 3.07. The van der Waals surface area contributed by atoms with E-state index in [0.717, 1.165) is 6.07 Å². The lowest BCUT2D eigenvalue weighted by Crippen LogP contribution is -2.14. The number of carboxylic acids is 1. The van der Waals surface area contributed by atoms with Crippen LogP contribution in [-0.4, -0.2) is 29.5 Å². The van der Waals surface area contributed by atoms with Gasteiger partial charge >= 0.3 is 5.97 Å².